The molecule has 7 nitrogen and oxygen atoms in total. The van der Waals surface area contributed by atoms with Crippen LogP contribution in [0.1, 0.15) is 29.8 Å². The molecule has 0 heterocycles. The number of phenolic OH excluding ortho intramolecular Hbond substituents is 1. The summed E-state index contributed by atoms with van der Waals surface area (Å²) in [7, 11) is 1.75. The molecule has 0 bridgehead atoms. The summed E-state index contributed by atoms with van der Waals surface area (Å²) in [5, 5.41) is 15.6. The van der Waals surface area contributed by atoms with E-state index in [0.29, 0.717) is 28.4 Å². The minimum absolute atomic E-state index is 0.0786. The lowest BCUT2D eigenvalue weighted by molar-refractivity contribution is 0.0976. The fraction of sp³-hybridized carbons (Fsp3) is 0.250. The number of anilines is 1. The number of rotatable bonds is 5. The van der Waals surface area contributed by atoms with Crippen LogP contribution in [0.3, 0.4) is 0 Å². The summed E-state index contributed by atoms with van der Waals surface area (Å²) in [6, 6.07) is 11.1. The molecule has 0 saturated carbocycles. The zero-order valence-corrected chi connectivity index (χ0v) is 16.8. The zero-order valence-electron chi connectivity index (χ0n) is 16.0. The van der Waals surface area contributed by atoms with Gasteiger partial charge in [0, 0.05) is 35.4 Å². The third kappa shape index (κ3) is 5.99. The van der Waals surface area contributed by atoms with Crippen molar-refractivity contribution in [1.82, 2.24) is 5.32 Å². The number of aliphatic imine (C=N–C) groups is 2. The monoisotopic (exact) mass is 401 g/mol. The predicted octanol–water partition coefficient (Wildman–Crippen LogP) is 3.23. The van der Waals surface area contributed by atoms with Crippen LogP contribution < -0.4 is 16.4 Å². The Balaban J connectivity index is 2.32. The van der Waals surface area contributed by atoms with E-state index in [1.54, 1.807) is 25.2 Å². The average molecular weight is 402 g/mol. The molecule has 2 aromatic carbocycles. The van der Waals surface area contributed by atoms with Crippen LogP contribution in [0.15, 0.2) is 52.4 Å². The molecule has 0 aliphatic carbocycles. The first-order valence-corrected chi connectivity index (χ1v) is 9.14. The van der Waals surface area contributed by atoms with E-state index in [2.05, 4.69) is 20.6 Å². The van der Waals surface area contributed by atoms with Crippen LogP contribution in [0.25, 0.3) is 0 Å². The second kappa shape index (κ2) is 9.75. The smallest absolute Gasteiger partial charge is 0.258 e. The number of aromatic hydroxyl groups is 1. The summed E-state index contributed by atoms with van der Waals surface area (Å²) in [5.41, 5.74) is 7.88. The van der Waals surface area contributed by atoms with Gasteiger partial charge in [-0.1, -0.05) is 25.4 Å². The molecular weight excluding hydrogens is 378 g/mol. The lowest BCUT2D eigenvalue weighted by Gasteiger charge is -2.11. The van der Waals surface area contributed by atoms with Crippen molar-refractivity contribution in [2.75, 3.05) is 18.9 Å². The van der Waals surface area contributed by atoms with E-state index in [4.69, 9.17) is 17.3 Å². The first kappa shape index (κ1) is 21.2. The average Bonchev–Trinajstić information content (AvgIpc) is 2.66. The van der Waals surface area contributed by atoms with Crippen molar-refractivity contribution >= 4 is 35.0 Å². The van der Waals surface area contributed by atoms with Crippen LogP contribution in [0.5, 0.6) is 5.75 Å². The number of nitrogens with zero attached hydrogens (tertiary/aromatic N) is 2. The number of phenols is 1. The summed E-state index contributed by atoms with van der Waals surface area (Å²) in [6.45, 7) is 4.49. The van der Waals surface area contributed by atoms with E-state index in [1.165, 1.54) is 24.3 Å². The van der Waals surface area contributed by atoms with Gasteiger partial charge in [0.05, 0.1) is 0 Å². The number of nitrogens with one attached hydrogen (secondary N) is 2. The van der Waals surface area contributed by atoms with Crippen LogP contribution >= 0.6 is 11.6 Å². The van der Waals surface area contributed by atoms with E-state index in [9.17, 15) is 9.90 Å². The fourth-order valence-electron chi connectivity index (χ4n) is 2.28. The zero-order chi connectivity index (χ0) is 20.7. The van der Waals surface area contributed by atoms with E-state index >= 15 is 0 Å². The summed E-state index contributed by atoms with van der Waals surface area (Å²) >= 11 is 6.02. The molecule has 0 spiro atoms. The van der Waals surface area contributed by atoms with Crippen molar-refractivity contribution in [2.45, 2.75) is 13.8 Å². The molecule has 0 unspecified atom stereocenters. The quantitative estimate of drug-likeness (QED) is 0.455. The molecule has 0 atom stereocenters. The highest BCUT2D eigenvalue weighted by molar-refractivity contribution is 6.31. The van der Waals surface area contributed by atoms with Crippen molar-refractivity contribution in [2.24, 2.45) is 21.6 Å². The standard InChI is InChI=1S/C20H24ClN5O2/c1-12(2)11-24-20(26-19(28)13-4-7-15(27)8-5-13)25-18(22)16-9-6-14(21)10-17(16)23-3/h4-10,12,23,27H,11H2,1-3H3,(H3,22,24,25,26,28). The first-order valence-electron chi connectivity index (χ1n) is 8.76. The minimum Gasteiger partial charge on any atom is -0.508 e. The second-order valence-corrected chi connectivity index (χ2v) is 6.93. The molecule has 0 aromatic heterocycles. The molecule has 2 aromatic rings. The van der Waals surface area contributed by atoms with Gasteiger partial charge in [0.1, 0.15) is 11.6 Å². The summed E-state index contributed by atoms with van der Waals surface area (Å²) in [4.78, 5) is 21.2. The molecule has 0 fully saturated rings. The number of amidine groups is 1. The Morgan fingerprint density at radius 1 is 1.21 bits per heavy atom. The SMILES string of the molecule is CNc1cc(Cl)ccc1C(N)=NC(=NCC(C)C)NC(=O)c1ccc(O)cc1. The van der Waals surface area contributed by atoms with Gasteiger partial charge in [-0.2, -0.15) is 4.99 Å². The minimum atomic E-state index is -0.399. The maximum absolute atomic E-state index is 12.5. The molecule has 2 rings (SSSR count). The largest absolute Gasteiger partial charge is 0.508 e. The van der Waals surface area contributed by atoms with Crippen molar-refractivity contribution < 1.29 is 9.90 Å². The molecule has 1 amide bonds. The fourth-order valence-corrected chi connectivity index (χ4v) is 2.45. The van der Waals surface area contributed by atoms with Crippen molar-refractivity contribution in [1.29, 1.82) is 0 Å². The second-order valence-electron chi connectivity index (χ2n) is 6.50. The molecule has 28 heavy (non-hydrogen) atoms. The van der Waals surface area contributed by atoms with E-state index < -0.39 is 5.91 Å². The maximum Gasteiger partial charge on any atom is 0.258 e. The van der Waals surface area contributed by atoms with Gasteiger partial charge in [0.2, 0.25) is 5.96 Å². The Labute approximate surface area is 169 Å². The van der Waals surface area contributed by atoms with Crippen LogP contribution in [0.4, 0.5) is 5.69 Å². The Bertz CT molecular complexity index is 892. The van der Waals surface area contributed by atoms with Crippen molar-refractivity contribution in [3.8, 4) is 5.75 Å². The van der Waals surface area contributed by atoms with Gasteiger partial charge < -0.3 is 16.2 Å². The van der Waals surface area contributed by atoms with Gasteiger partial charge in [-0.05, 0) is 48.4 Å². The highest BCUT2D eigenvalue weighted by Crippen LogP contribution is 2.20. The van der Waals surface area contributed by atoms with Gasteiger partial charge >= 0.3 is 0 Å². The van der Waals surface area contributed by atoms with Gasteiger partial charge in [-0.3, -0.25) is 15.1 Å². The van der Waals surface area contributed by atoms with Crippen molar-refractivity contribution in [3.05, 3.63) is 58.6 Å². The van der Waals surface area contributed by atoms with Gasteiger partial charge in [0.25, 0.3) is 5.91 Å². The summed E-state index contributed by atoms with van der Waals surface area (Å²) in [5.74, 6) is 0.259. The van der Waals surface area contributed by atoms with E-state index in [1.807, 2.05) is 13.8 Å². The van der Waals surface area contributed by atoms with E-state index in [0.717, 1.165) is 0 Å². The maximum atomic E-state index is 12.5. The number of hydrogen-bond donors (Lipinski definition) is 4. The number of nitrogens with two attached hydrogens (primary N) is 1. The highest BCUT2D eigenvalue weighted by atomic mass is 35.5. The number of amides is 1. The number of benzene rings is 2. The van der Waals surface area contributed by atoms with Gasteiger partial charge in [0.15, 0.2) is 0 Å². The Morgan fingerprint density at radius 2 is 1.89 bits per heavy atom. The summed E-state index contributed by atoms with van der Waals surface area (Å²) < 4.78 is 0. The number of halogens is 1. The molecular formula is C20H24ClN5O2. The Morgan fingerprint density at radius 3 is 2.50 bits per heavy atom. The Hall–Kier alpha value is -3.06. The predicted molar refractivity (Wildman–Crippen MR) is 114 cm³/mol. The molecule has 0 aliphatic heterocycles. The molecule has 148 valence electrons. The molecule has 0 radical (unpaired) electrons. The van der Waals surface area contributed by atoms with Crippen LogP contribution in [-0.2, 0) is 0 Å². The molecule has 5 N–H and O–H groups in total. The van der Waals surface area contributed by atoms with E-state index in [-0.39, 0.29) is 23.5 Å². The normalized spacial score (nSPS) is 12.2. The third-order valence-electron chi connectivity index (χ3n) is 3.71. The number of guanidine groups is 1. The highest BCUT2D eigenvalue weighted by Gasteiger charge is 2.12. The number of hydrogen-bond acceptors (Lipinski definition) is 4. The number of carbonyl (C=O) groups is 1. The molecule has 0 saturated heterocycles. The van der Waals surface area contributed by atoms with Crippen LogP contribution in [0, 0.1) is 5.92 Å². The lowest BCUT2D eigenvalue weighted by atomic mass is 10.1. The van der Waals surface area contributed by atoms with Crippen LogP contribution in [0.2, 0.25) is 5.02 Å². The molecule has 0 aliphatic rings. The first-order chi connectivity index (χ1) is 13.3. The van der Waals surface area contributed by atoms with Gasteiger partial charge in [-0.25, -0.2) is 0 Å². The third-order valence-corrected chi connectivity index (χ3v) is 3.95. The summed E-state index contributed by atoms with van der Waals surface area (Å²) in [6.07, 6.45) is 0. The lowest BCUT2D eigenvalue weighted by Crippen LogP contribution is -2.32. The molecule has 8 heteroatoms. The number of carbonyl (C=O) groups excluding carboxylic acids is 1. The van der Waals surface area contributed by atoms with Crippen molar-refractivity contribution in [3.63, 3.8) is 0 Å². The van der Waals surface area contributed by atoms with Crippen LogP contribution in [-0.4, -0.2) is 36.4 Å². The topological polar surface area (TPSA) is 112 Å². The Kier molecular flexibility index (Phi) is 7.40. The van der Waals surface area contributed by atoms with Gasteiger partial charge in [-0.15, -0.1) is 0 Å².